The molecular weight excluding hydrogens is 356 g/mol. The summed E-state index contributed by atoms with van der Waals surface area (Å²) >= 11 is 3.54. The molecule has 1 heterocycles. The first-order valence-corrected chi connectivity index (χ1v) is 8.99. The van der Waals surface area contributed by atoms with Crippen molar-refractivity contribution in [1.29, 1.82) is 0 Å². The van der Waals surface area contributed by atoms with Crippen LogP contribution in [-0.4, -0.2) is 36.1 Å². The predicted molar refractivity (Wildman–Crippen MR) is 93.8 cm³/mol. The number of nitrogens with zero attached hydrogens (tertiary/aromatic N) is 1. The average molecular weight is 381 g/mol. The van der Waals surface area contributed by atoms with Gasteiger partial charge in [0.05, 0.1) is 6.10 Å². The number of hydrogen-bond acceptors (Lipinski definition) is 3. The van der Waals surface area contributed by atoms with Crippen molar-refractivity contribution in [3.8, 4) is 0 Å². The van der Waals surface area contributed by atoms with Gasteiger partial charge in [-0.3, -0.25) is 4.79 Å². The van der Waals surface area contributed by atoms with E-state index in [1.165, 1.54) is 0 Å². The highest BCUT2D eigenvalue weighted by Crippen LogP contribution is 2.57. The molecule has 1 amide bonds. The molecule has 1 saturated carbocycles. The van der Waals surface area contributed by atoms with E-state index in [4.69, 9.17) is 10.5 Å². The summed E-state index contributed by atoms with van der Waals surface area (Å²) in [6.45, 7) is 5.45. The van der Waals surface area contributed by atoms with Gasteiger partial charge in [-0.05, 0) is 24.5 Å². The summed E-state index contributed by atoms with van der Waals surface area (Å²) in [6, 6.07) is 7.97. The fourth-order valence-electron chi connectivity index (χ4n) is 4.28. The topological polar surface area (TPSA) is 55.6 Å². The summed E-state index contributed by atoms with van der Waals surface area (Å²) in [6.07, 6.45) is 2.05. The van der Waals surface area contributed by atoms with E-state index in [1.54, 1.807) is 4.90 Å². The van der Waals surface area contributed by atoms with Crippen molar-refractivity contribution >= 4 is 21.8 Å². The van der Waals surface area contributed by atoms with Crippen LogP contribution in [0.25, 0.3) is 0 Å². The minimum Gasteiger partial charge on any atom is -0.377 e. The first kappa shape index (κ1) is 16.9. The van der Waals surface area contributed by atoms with Gasteiger partial charge < -0.3 is 15.4 Å². The molecule has 1 aromatic carbocycles. The summed E-state index contributed by atoms with van der Waals surface area (Å²) in [4.78, 5) is 14.9. The Balaban J connectivity index is 1.80. The van der Waals surface area contributed by atoms with Crippen LogP contribution in [0.15, 0.2) is 28.7 Å². The molecule has 4 nitrogen and oxygen atoms in total. The van der Waals surface area contributed by atoms with Gasteiger partial charge in [0.1, 0.15) is 5.54 Å². The molecule has 3 rings (SSSR count). The second kappa shape index (κ2) is 5.87. The molecule has 0 aromatic heterocycles. The molecule has 23 heavy (non-hydrogen) atoms. The van der Waals surface area contributed by atoms with Crippen LogP contribution >= 0.6 is 15.9 Å². The molecule has 0 radical (unpaired) electrons. The van der Waals surface area contributed by atoms with Gasteiger partial charge in [-0.15, -0.1) is 0 Å². The zero-order valence-corrected chi connectivity index (χ0v) is 15.6. The average Bonchev–Trinajstić information content (AvgIpc) is 2.55. The van der Waals surface area contributed by atoms with Gasteiger partial charge in [-0.1, -0.05) is 48.0 Å². The number of carbonyl (C=O) groups is 1. The summed E-state index contributed by atoms with van der Waals surface area (Å²) in [7, 11) is 1.84. The van der Waals surface area contributed by atoms with E-state index in [1.807, 2.05) is 31.3 Å². The Kier molecular flexibility index (Phi) is 4.32. The van der Waals surface area contributed by atoms with E-state index in [9.17, 15) is 4.79 Å². The van der Waals surface area contributed by atoms with Crippen LogP contribution in [0.5, 0.6) is 0 Å². The number of halogens is 1. The van der Waals surface area contributed by atoms with Crippen LogP contribution in [-0.2, 0) is 16.1 Å². The van der Waals surface area contributed by atoms with Crippen LogP contribution < -0.4 is 5.73 Å². The number of amides is 1. The third kappa shape index (κ3) is 2.44. The summed E-state index contributed by atoms with van der Waals surface area (Å²) in [5.74, 6) is 0.144. The molecule has 0 spiro atoms. The molecule has 1 aliphatic heterocycles. The van der Waals surface area contributed by atoms with E-state index < -0.39 is 5.54 Å². The molecule has 126 valence electrons. The maximum absolute atomic E-state index is 13.2. The van der Waals surface area contributed by atoms with Gasteiger partial charge in [-0.25, -0.2) is 0 Å². The quantitative estimate of drug-likeness (QED) is 0.876. The van der Waals surface area contributed by atoms with E-state index >= 15 is 0 Å². The Bertz CT molecular complexity index is 619. The summed E-state index contributed by atoms with van der Waals surface area (Å²) < 4.78 is 6.91. The maximum Gasteiger partial charge on any atom is 0.243 e. The predicted octanol–water partition coefficient (Wildman–Crippen LogP) is 2.94. The van der Waals surface area contributed by atoms with Crippen molar-refractivity contribution in [1.82, 2.24) is 4.90 Å². The molecule has 1 aromatic rings. The molecular formula is C18H25BrN2O2. The van der Waals surface area contributed by atoms with Crippen LogP contribution in [0, 0.1) is 11.3 Å². The Morgan fingerprint density at radius 1 is 1.43 bits per heavy atom. The van der Waals surface area contributed by atoms with Crippen LogP contribution in [0.1, 0.15) is 32.3 Å². The van der Waals surface area contributed by atoms with Gasteiger partial charge in [0.25, 0.3) is 0 Å². The van der Waals surface area contributed by atoms with Crippen molar-refractivity contribution in [3.63, 3.8) is 0 Å². The molecule has 0 bridgehead atoms. The number of fused-ring (bicyclic) bond motifs is 1. The summed E-state index contributed by atoms with van der Waals surface area (Å²) in [5, 5.41) is 0. The lowest BCUT2D eigenvalue weighted by atomic mass is 9.46. The molecule has 5 heteroatoms. The third-order valence-corrected chi connectivity index (χ3v) is 6.52. The highest BCUT2D eigenvalue weighted by atomic mass is 79.9. The van der Waals surface area contributed by atoms with Crippen LogP contribution in [0.3, 0.4) is 0 Å². The Morgan fingerprint density at radius 2 is 2.13 bits per heavy atom. The lowest BCUT2D eigenvalue weighted by Gasteiger charge is -2.65. The van der Waals surface area contributed by atoms with Crippen molar-refractivity contribution < 1.29 is 9.53 Å². The zero-order chi connectivity index (χ0) is 16.8. The fraction of sp³-hybridized carbons (Fsp3) is 0.611. The number of likely N-dealkylation sites (N-methyl/N-ethyl adjacent to an activating group) is 1. The van der Waals surface area contributed by atoms with E-state index in [0.29, 0.717) is 6.54 Å². The van der Waals surface area contributed by atoms with Crippen LogP contribution in [0.4, 0.5) is 0 Å². The second-order valence-electron chi connectivity index (χ2n) is 7.38. The minimum atomic E-state index is -0.839. The van der Waals surface area contributed by atoms with Crippen molar-refractivity contribution in [3.05, 3.63) is 34.3 Å². The van der Waals surface area contributed by atoms with Gasteiger partial charge in [0, 0.05) is 36.0 Å². The Hall–Kier alpha value is -0.910. The molecule has 3 unspecified atom stereocenters. The molecule has 2 N–H and O–H groups in total. The third-order valence-electron chi connectivity index (χ3n) is 5.75. The number of hydrogen-bond donors (Lipinski definition) is 1. The van der Waals surface area contributed by atoms with Crippen molar-refractivity contribution in [2.24, 2.45) is 17.1 Å². The van der Waals surface area contributed by atoms with Crippen LogP contribution in [0.2, 0.25) is 0 Å². The second-order valence-corrected chi connectivity index (χ2v) is 8.24. The number of rotatable bonds is 3. The normalized spacial score (nSPS) is 31.9. The Labute approximate surface area is 146 Å². The monoisotopic (exact) mass is 380 g/mol. The largest absolute Gasteiger partial charge is 0.377 e. The lowest BCUT2D eigenvalue weighted by molar-refractivity contribution is -0.229. The Morgan fingerprint density at radius 3 is 2.83 bits per heavy atom. The molecule has 1 saturated heterocycles. The zero-order valence-electron chi connectivity index (χ0n) is 14.0. The van der Waals surface area contributed by atoms with Crippen molar-refractivity contribution in [2.75, 3.05) is 13.7 Å². The van der Waals surface area contributed by atoms with Gasteiger partial charge in [-0.2, -0.15) is 0 Å². The molecule has 2 aliphatic rings. The van der Waals surface area contributed by atoms with Gasteiger partial charge >= 0.3 is 0 Å². The first-order valence-electron chi connectivity index (χ1n) is 8.19. The smallest absolute Gasteiger partial charge is 0.243 e. The van der Waals surface area contributed by atoms with E-state index in [2.05, 4.69) is 29.8 Å². The maximum atomic E-state index is 13.2. The van der Waals surface area contributed by atoms with Gasteiger partial charge in [0.2, 0.25) is 5.91 Å². The van der Waals surface area contributed by atoms with E-state index in [0.717, 1.165) is 29.5 Å². The highest BCUT2D eigenvalue weighted by Gasteiger charge is 2.70. The van der Waals surface area contributed by atoms with Gasteiger partial charge in [0.15, 0.2) is 0 Å². The minimum absolute atomic E-state index is 0.0185. The van der Waals surface area contributed by atoms with E-state index in [-0.39, 0.29) is 23.3 Å². The standard InChI is InChI=1S/C18H25BrN2O2/c1-17(2)15-13(8-6-10-23-15)18(17,20)16(22)21(3)11-12-7-4-5-9-14(12)19/h4-5,7,9,13,15H,6,8,10-11,20H2,1-3H3. The molecule has 3 atom stereocenters. The molecule has 2 fully saturated rings. The number of nitrogens with two attached hydrogens (primary N) is 1. The highest BCUT2D eigenvalue weighted by molar-refractivity contribution is 9.10. The molecule has 1 aliphatic carbocycles. The lowest BCUT2D eigenvalue weighted by Crippen LogP contribution is -2.82. The summed E-state index contributed by atoms with van der Waals surface area (Å²) in [5.41, 5.74) is 6.60. The number of benzene rings is 1. The number of carbonyl (C=O) groups excluding carboxylic acids is 1. The SMILES string of the molecule is CN(Cc1ccccc1Br)C(=O)C1(N)C2CCCOC2C1(C)C. The van der Waals surface area contributed by atoms with Crippen molar-refractivity contribution in [2.45, 2.75) is 44.9 Å². The first-order chi connectivity index (χ1) is 10.8. The number of ether oxygens (including phenoxy) is 1. The fourth-order valence-corrected chi connectivity index (χ4v) is 4.69.